The Balaban J connectivity index is 2.70. The van der Waals surface area contributed by atoms with E-state index in [9.17, 15) is 14.0 Å². The summed E-state index contributed by atoms with van der Waals surface area (Å²) in [5.74, 6) is -1.53. The van der Waals surface area contributed by atoms with Gasteiger partial charge in [-0.2, -0.15) is 0 Å². The van der Waals surface area contributed by atoms with Crippen molar-refractivity contribution in [1.29, 1.82) is 0 Å². The first kappa shape index (κ1) is 10.4. The summed E-state index contributed by atoms with van der Waals surface area (Å²) in [6.45, 7) is 0. The smallest absolute Gasteiger partial charge is 0.217 e. The molecule has 0 heterocycles. The number of carbonyl (C=O) groups excluding carboxylic acids is 2. The van der Waals surface area contributed by atoms with Gasteiger partial charge in [-0.05, 0) is 12.1 Å². The molecule has 4 heteroatoms. The quantitative estimate of drug-likeness (QED) is 0.735. The van der Waals surface area contributed by atoms with Crippen LogP contribution in [0.25, 0.3) is 0 Å². The Morgan fingerprint density at radius 2 is 1.86 bits per heavy atom. The third-order valence-corrected chi connectivity index (χ3v) is 1.77. The molecule has 0 aromatic heterocycles. The highest BCUT2D eigenvalue weighted by Crippen LogP contribution is 2.09. The van der Waals surface area contributed by atoms with Crippen molar-refractivity contribution in [2.24, 2.45) is 5.73 Å². The van der Waals surface area contributed by atoms with Crippen LogP contribution in [0.15, 0.2) is 24.3 Å². The summed E-state index contributed by atoms with van der Waals surface area (Å²) in [7, 11) is 0. The van der Waals surface area contributed by atoms with Gasteiger partial charge in [0.2, 0.25) is 5.91 Å². The van der Waals surface area contributed by atoms with Crippen LogP contribution in [0.1, 0.15) is 23.2 Å². The molecule has 0 aliphatic rings. The van der Waals surface area contributed by atoms with Gasteiger partial charge in [0.25, 0.3) is 0 Å². The third kappa shape index (κ3) is 2.65. The van der Waals surface area contributed by atoms with E-state index < -0.39 is 17.5 Å². The van der Waals surface area contributed by atoms with Crippen LogP contribution in [0.5, 0.6) is 0 Å². The van der Waals surface area contributed by atoms with Crippen molar-refractivity contribution >= 4 is 11.7 Å². The maximum Gasteiger partial charge on any atom is 0.217 e. The second-order valence-corrected chi connectivity index (χ2v) is 2.87. The van der Waals surface area contributed by atoms with Crippen molar-refractivity contribution in [3.8, 4) is 0 Å². The first-order valence-corrected chi connectivity index (χ1v) is 4.17. The SMILES string of the molecule is NC(=O)CCC(=O)c1ccccc1F. The van der Waals surface area contributed by atoms with Crippen LogP contribution >= 0.6 is 0 Å². The summed E-state index contributed by atoms with van der Waals surface area (Å²) in [6, 6.07) is 5.66. The number of halogens is 1. The summed E-state index contributed by atoms with van der Waals surface area (Å²) in [6.07, 6.45) is -0.0938. The number of amides is 1. The van der Waals surface area contributed by atoms with E-state index >= 15 is 0 Å². The minimum atomic E-state index is -0.568. The molecule has 0 aliphatic carbocycles. The minimum Gasteiger partial charge on any atom is -0.370 e. The van der Waals surface area contributed by atoms with Crippen LogP contribution in [0, 0.1) is 5.82 Å². The number of ketones is 1. The number of rotatable bonds is 4. The second-order valence-electron chi connectivity index (χ2n) is 2.87. The summed E-state index contributed by atoms with van der Waals surface area (Å²) in [4.78, 5) is 21.7. The lowest BCUT2D eigenvalue weighted by molar-refractivity contribution is -0.118. The molecule has 0 atom stereocenters. The predicted molar refractivity (Wildman–Crippen MR) is 49.2 cm³/mol. The Morgan fingerprint density at radius 1 is 1.21 bits per heavy atom. The molecule has 1 aromatic rings. The average Bonchev–Trinajstić information content (AvgIpc) is 2.15. The van der Waals surface area contributed by atoms with Crippen LogP contribution in [0.4, 0.5) is 4.39 Å². The normalized spacial score (nSPS) is 9.79. The van der Waals surface area contributed by atoms with Gasteiger partial charge in [0.1, 0.15) is 5.82 Å². The molecule has 1 aromatic carbocycles. The standard InChI is InChI=1S/C10H10FNO2/c11-8-4-2-1-3-7(8)9(13)5-6-10(12)14/h1-4H,5-6H2,(H2,12,14). The number of hydrogen-bond acceptors (Lipinski definition) is 2. The molecule has 0 saturated heterocycles. The van der Waals surface area contributed by atoms with Gasteiger partial charge in [-0.3, -0.25) is 9.59 Å². The number of benzene rings is 1. The van der Waals surface area contributed by atoms with Crippen molar-refractivity contribution in [3.05, 3.63) is 35.6 Å². The molecular weight excluding hydrogens is 185 g/mol. The summed E-state index contributed by atoms with van der Waals surface area (Å²) in [5.41, 5.74) is 4.88. The van der Waals surface area contributed by atoms with Gasteiger partial charge in [-0.15, -0.1) is 0 Å². The fraction of sp³-hybridized carbons (Fsp3) is 0.200. The van der Waals surface area contributed by atoms with E-state index in [0.29, 0.717) is 0 Å². The van der Waals surface area contributed by atoms with Crippen molar-refractivity contribution in [2.75, 3.05) is 0 Å². The van der Waals surface area contributed by atoms with Crippen LogP contribution in [-0.4, -0.2) is 11.7 Å². The van der Waals surface area contributed by atoms with E-state index in [1.165, 1.54) is 18.2 Å². The molecule has 0 unspecified atom stereocenters. The zero-order chi connectivity index (χ0) is 10.6. The molecule has 1 rings (SSSR count). The van der Waals surface area contributed by atoms with Crippen molar-refractivity contribution in [2.45, 2.75) is 12.8 Å². The number of primary amides is 1. The highest BCUT2D eigenvalue weighted by Gasteiger charge is 2.11. The molecule has 0 bridgehead atoms. The van der Waals surface area contributed by atoms with Crippen LogP contribution < -0.4 is 5.73 Å². The topological polar surface area (TPSA) is 60.2 Å². The van der Waals surface area contributed by atoms with Gasteiger partial charge >= 0.3 is 0 Å². The van der Waals surface area contributed by atoms with Gasteiger partial charge in [0, 0.05) is 12.8 Å². The number of nitrogens with two attached hydrogens (primary N) is 1. The van der Waals surface area contributed by atoms with E-state index in [2.05, 4.69) is 0 Å². The Hall–Kier alpha value is -1.71. The predicted octanol–water partition coefficient (Wildman–Crippen LogP) is 1.27. The lowest BCUT2D eigenvalue weighted by atomic mass is 10.1. The number of Topliss-reactive ketones (excluding diaryl/α,β-unsaturated/α-hetero) is 1. The zero-order valence-electron chi connectivity index (χ0n) is 7.50. The van der Waals surface area contributed by atoms with E-state index in [-0.39, 0.29) is 18.4 Å². The van der Waals surface area contributed by atoms with Crippen molar-refractivity contribution in [1.82, 2.24) is 0 Å². The van der Waals surface area contributed by atoms with Gasteiger partial charge in [0.05, 0.1) is 5.56 Å². The summed E-state index contributed by atoms with van der Waals surface area (Å²) in [5, 5.41) is 0. The first-order valence-electron chi connectivity index (χ1n) is 4.17. The van der Waals surface area contributed by atoms with Gasteiger partial charge in [0.15, 0.2) is 5.78 Å². The zero-order valence-corrected chi connectivity index (χ0v) is 7.50. The van der Waals surface area contributed by atoms with Crippen LogP contribution in [0.3, 0.4) is 0 Å². The largest absolute Gasteiger partial charge is 0.370 e. The lowest BCUT2D eigenvalue weighted by Gasteiger charge is -2.00. The Labute approximate surface area is 80.7 Å². The van der Waals surface area contributed by atoms with Gasteiger partial charge < -0.3 is 5.73 Å². The fourth-order valence-corrected chi connectivity index (χ4v) is 1.06. The van der Waals surface area contributed by atoms with Crippen molar-refractivity contribution < 1.29 is 14.0 Å². The maximum absolute atomic E-state index is 13.0. The molecule has 0 radical (unpaired) electrons. The fourth-order valence-electron chi connectivity index (χ4n) is 1.06. The maximum atomic E-state index is 13.0. The van der Waals surface area contributed by atoms with E-state index in [0.717, 1.165) is 0 Å². The minimum absolute atomic E-state index is 0.00810. The average molecular weight is 195 g/mol. The number of hydrogen-bond donors (Lipinski definition) is 1. The molecule has 1 amide bonds. The molecule has 3 nitrogen and oxygen atoms in total. The molecule has 0 saturated carbocycles. The Bertz CT molecular complexity index is 363. The van der Waals surface area contributed by atoms with E-state index in [1.54, 1.807) is 6.07 Å². The Kier molecular flexibility index (Phi) is 3.34. The molecule has 14 heavy (non-hydrogen) atoms. The molecule has 74 valence electrons. The van der Waals surface area contributed by atoms with Crippen molar-refractivity contribution in [3.63, 3.8) is 0 Å². The molecule has 0 aliphatic heterocycles. The van der Waals surface area contributed by atoms with Crippen LogP contribution in [-0.2, 0) is 4.79 Å². The summed E-state index contributed by atoms with van der Waals surface area (Å²) >= 11 is 0. The summed E-state index contributed by atoms with van der Waals surface area (Å²) < 4.78 is 13.0. The first-order chi connectivity index (χ1) is 6.61. The molecular formula is C10H10FNO2. The van der Waals surface area contributed by atoms with E-state index in [4.69, 9.17) is 5.73 Å². The lowest BCUT2D eigenvalue weighted by Crippen LogP contribution is -2.13. The second kappa shape index (κ2) is 4.50. The molecule has 2 N–H and O–H groups in total. The molecule has 0 fully saturated rings. The highest BCUT2D eigenvalue weighted by atomic mass is 19.1. The highest BCUT2D eigenvalue weighted by molar-refractivity contribution is 5.97. The van der Waals surface area contributed by atoms with Gasteiger partial charge in [-0.1, -0.05) is 12.1 Å². The molecule has 0 spiro atoms. The monoisotopic (exact) mass is 195 g/mol. The van der Waals surface area contributed by atoms with Crippen LogP contribution in [0.2, 0.25) is 0 Å². The van der Waals surface area contributed by atoms with E-state index in [1.807, 2.05) is 0 Å². The third-order valence-electron chi connectivity index (χ3n) is 1.77. The Morgan fingerprint density at radius 3 is 2.43 bits per heavy atom. The number of carbonyl (C=O) groups is 2. The van der Waals surface area contributed by atoms with Gasteiger partial charge in [-0.25, -0.2) is 4.39 Å².